The van der Waals surface area contributed by atoms with E-state index in [4.69, 9.17) is 14.2 Å². The molecule has 0 radical (unpaired) electrons. The summed E-state index contributed by atoms with van der Waals surface area (Å²) in [6.07, 6.45) is 1.31. The molecule has 5 aliphatic rings. The normalized spacial score (nSPS) is 52.0. The third kappa shape index (κ3) is 2.63. The molecule has 7 heteroatoms. The number of fused-ring (bicyclic) bond motifs is 2. The van der Waals surface area contributed by atoms with Crippen LogP contribution < -0.4 is 0 Å². The van der Waals surface area contributed by atoms with Gasteiger partial charge in [-0.25, -0.2) is 0 Å². The Kier molecular flexibility index (Phi) is 4.83. The summed E-state index contributed by atoms with van der Waals surface area (Å²) in [5.41, 5.74) is -1.43. The molecule has 2 aliphatic heterocycles. The molecule has 10 atom stereocenters. The summed E-state index contributed by atoms with van der Waals surface area (Å²) in [5.74, 6) is -1.60. The second-order valence-electron chi connectivity index (χ2n) is 11.5. The van der Waals surface area contributed by atoms with Gasteiger partial charge in [-0.15, -0.1) is 0 Å². The summed E-state index contributed by atoms with van der Waals surface area (Å²) < 4.78 is 17.4. The van der Waals surface area contributed by atoms with Crippen LogP contribution in [-0.4, -0.2) is 46.9 Å². The molecule has 0 amide bonds. The first-order valence-corrected chi connectivity index (χ1v) is 12.0. The molecule has 2 heterocycles. The maximum atomic E-state index is 12.7. The maximum absolute atomic E-state index is 12.7. The van der Waals surface area contributed by atoms with Crippen LogP contribution in [0.25, 0.3) is 0 Å². The lowest BCUT2D eigenvalue weighted by Gasteiger charge is -2.68. The Morgan fingerprint density at radius 3 is 2.65 bits per heavy atom. The largest absolute Gasteiger partial charge is 0.459 e. The Bertz CT molecular complexity index is 780. The van der Waals surface area contributed by atoms with Gasteiger partial charge < -0.3 is 24.4 Å². The van der Waals surface area contributed by atoms with Crippen molar-refractivity contribution in [3.05, 3.63) is 0 Å². The molecule has 2 saturated heterocycles. The molecule has 0 aromatic rings. The fraction of sp³-hybridized carbons (Fsp3) is 0.917. The van der Waals surface area contributed by atoms with Crippen LogP contribution in [0.15, 0.2) is 0 Å². The summed E-state index contributed by atoms with van der Waals surface area (Å²) >= 11 is 0. The van der Waals surface area contributed by atoms with E-state index in [9.17, 15) is 19.8 Å². The predicted octanol–water partition coefficient (Wildman–Crippen LogP) is 2.77. The SMILES string of the molecule is CCCC(=O)O[C@@H]1[C@H](O)[C@H]2C(C)(C)CCC[C@]2(C)[C@H]2CC[C@H]3C(=O)O[C@H]4O[C@@H](O)[C@@]12[C@H]43. The lowest BCUT2D eigenvalue weighted by Crippen LogP contribution is -2.73. The quantitative estimate of drug-likeness (QED) is 0.656. The first-order valence-electron chi connectivity index (χ1n) is 12.0. The van der Waals surface area contributed by atoms with E-state index in [0.717, 1.165) is 25.7 Å². The first-order chi connectivity index (χ1) is 14.6. The van der Waals surface area contributed by atoms with Gasteiger partial charge in [0.05, 0.1) is 17.4 Å². The molecule has 0 aromatic heterocycles. The molecule has 7 nitrogen and oxygen atoms in total. The number of rotatable bonds is 3. The molecule has 0 unspecified atom stereocenters. The highest BCUT2D eigenvalue weighted by Crippen LogP contribution is 2.73. The number of hydrogen-bond acceptors (Lipinski definition) is 7. The summed E-state index contributed by atoms with van der Waals surface area (Å²) in [4.78, 5) is 25.3. The number of aliphatic hydroxyl groups is 2. The number of esters is 2. The molecular weight excluding hydrogens is 400 g/mol. The van der Waals surface area contributed by atoms with Crippen LogP contribution in [-0.2, 0) is 23.8 Å². The second kappa shape index (κ2) is 6.91. The number of carbonyl (C=O) groups is 2. The van der Waals surface area contributed by atoms with Gasteiger partial charge in [0.25, 0.3) is 0 Å². The molecule has 1 spiro atoms. The minimum Gasteiger partial charge on any atom is -0.459 e. The Labute approximate surface area is 183 Å². The maximum Gasteiger partial charge on any atom is 0.311 e. The molecule has 3 aliphatic carbocycles. The third-order valence-electron chi connectivity index (χ3n) is 9.64. The molecule has 5 fully saturated rings. The number of hydrogen-bond donors (Lipinski definition) is 2. The summed E-state index contributed by atoms with van der Waals surface area (Å²) in [5, 5.41) is 23.2. The van der Waals surface area contributed by atoms with E-state index in [0.29, 0.717) is 12.8 Å². The average molecular weight is 437 g/mol. The van der Waals surface area contributed by atoms with Gasteiger partial charge in [-0.1, -0.05) is 34.1 Å². The first kappa shape index (κ1) is 21.7. The van der Waals surface area contributed by atoms with Crippen molar-refractivity contribution in [3.63, 3.8) is 0 Å². The van der Waals surface area contributed by atoms with Crippen molar-refractivity contribution in [2.75, 3.05) is 0 Å². The van der Waals surface area contributed by atoms with Gasteiger partial charge in [-0.2, -0.15) is 0 Å². The van der Waals surface area contributed by atoms with Gasteiger partial charge in [0, 0.05) is 12.3 Å². The Balaban J connectivity index is 1.68. The molecule has 174 valence electrons. The fourth-order valence-corrected chi connectivity index (χ4v) is 8.86. The third-order valence-corrected chi connectivity index (χ3v) is 9.64. The Morgan fingerprint density at radius 1 is 1.19 bits per heavy atom. The van der Waals surface area contributed by atoms with Crippen LogP contribution in [0.2, 0.25) is 0 Å². The minimum absolute atomic E-state index is 0.0387. The van der Waals surface area contributed by atoms with E-state index >= 15 is 0 Å². The van der Waals surface area contributed by atoms with Crippen molar-refractivity contribution in [1.29, 1.82) is 0 Å². The van der Waals surface area contributed by atoms with Crippen molar-refractivity contribution >= 4 is 11.9 Å². The molecular formula is C24H36O7. The van der Waals surface area contributed by atoms with Gasteiger partial charge >= 0.3 is 11.9 Å². The van der Waals surface area contributed by atoms with Gasteiger partial charge in [-0.3, -0.25) is 9.59 Å². The molecule has 3 saturated carbocycles. The predicted molar refractivity (Wildman–Crippen MR) is 109 cm³/mol. The van der Waals surface area contributed by atoms with E-state index in [-0.39, 0.29) is 41.0 Å². The monoisotopic (exact) mass is 436 g/mol. The van der Waals surface area contributed by atoms with Crippen LogP contribution in [0.3, 0.4) is 0 Å². The van der Waals surface area contributed by atoms with Gasteiger partial charge in [0.2, 0.25) is 6.29 Å². The van der Waals surface area contributed by atoms with Crippen molar-refractivity contribution in [2.24, 2.45) is 39.9 Å². The van der Waals surface area contributed by atoms with Crippen molar-refractivity contribution in [3.8, 4) is 0 Å². The highest BCUT2D eigenvalue weighted by molar-refractivity contribution is 5.76. The lowest BCUT2D eigenvalue weighted by atomic mass is 9.37. The average Bonchev–Trinajstić information content (AvgIpc) is 3.14. The highest BCUT2D eigenvalue weighted by Gasteiger charge is 2.80. The van der Waals surface area contributed by atoms with Crippen LogP contribution in [0.1, 0.15) is 72.6 Å². The van der Waals surface area contributed by atoms with E-state index in [2.05, 4.69) is 20.8 Å². The van der Waals surface area contributed by atoms with Crippen LogP contribution >= 0.6 is 0 Å². The molecule has 0 bridgehead atoms. The standard InChI is InChI=1S/C24H36O7/c1-5-7-14(25)29-18-16(26)17-22(2,3)10-6-11-23(17,4)13-9-8-12-15-20(30-19(12)27)31-21(28)24(13,15)18/h12-13,15-18,20-21,26,28H,5-11H2,1-4H3/t12-,13-,15+,16-,17+,18-,20+,21-,23-,24+/m1/s1. The smallest absolute Gasteiger partial charge is 0.311 e. The van der Waals surface area contributed by atoms with E-state index in [1.54, 1.807) is 0 Å². The topological polar surface area (TPSA) is 102 Å². The summed E-state index contributed by atoms with van der Waals surface area (Å²) in [7, 11) is 0. The van der Waals surface area contributed by atoms with Crippen LogP contribution in [0.5, 0.6) is 0 Å². The lowest BCUT2D eigenvalue weighted by molar-refractivity contribution is -0.308. The van der Waals surface area contributed by atoms with Gasteiger partial charge in [-0.05, 0) is 54.8 Å². The number of carbonyl (C=O) groups excluding carboxylic acids is 2. The highest BCUT2D eigenvalue weighted by atomic mass is 16.8. The van der Waals surface area contributed by atoms with E-state index in [1.807, 2.05) is 6.92 Å². The van der Waals surface area contributed by atoms with Crippen molar-refractivity contribution in [2.45, 2.75) is 97.4 Å². The molecule has 31 heavy (non-hydrogen) atoms. The zero-order valence-electron chi connectivity index (χ0n) is 19.0. The van der Waals surface area contributed by atoms with Crippen molar-refractivity contribution in [1.82, 2.24) is 0 Å². The zero-order valence-corrected chi connectivity index (χ0v) is 19.0. The zero-order chi connectivity index (χ0) is 22.3. The number of aliphatic hydroxyl groups excluding tert-OH is 2. The molecule has 5 rings (SSSR count). The Hall–Kier alpha value is -1.18. The van der Waals surface area contributed by atoms with E-state index in [1.165, 1.54) is 0 Å². The summed E-state index contributed by atoms with van der Waals surface area (Å²) in [6, 6.07) is 0. The Morgan fingerprint density at radius 2 is 1.94 bits per heavy atom. The van der Waals surface area contributed by atoms with Gasteiger partial charge in [0.15, 0.2) is 6.29 Å². The van der Waals surface area contributed by atoms with Crippen LogP contribution in [0.4, 0.5) is 0 Å². The second-order valence-corrected chi connectivity index (χ2v) is 11.5. The summed E-state index contributed by atoms with van der Waals surface area (Å²) in [6.45, 7) is 8.53. The van der Waals surface area contributed by atoms with Crippen LogP contribution in [0, 0.1) is 39.9 Å². The molecule has 2 N–H and O–H groups in total. The fourth-order valence-electron chi connectivity index (χ4n) is 8.86. The van der Waals surface area contributed by atoms with Crippen molar-refractivity contribution < 1.29 is 34.0 Å². The van der Waals surface area contributed by atoms with Gasteiger partial charge in [0.1, 0.15) is 6.10 Å². The molecule has 0 aromatic carbocycles. The van der Waals surface area contributed by atoms with E-state index < -0.39 is 42.0 Å². The minimum atomic E-state index is -1.25. The number of ether oxygens (including phenoxy) is 3.